The molecule has 5 heteroatoms. The minimum Gasteiger partial charge on any atom is -0.394 e. The van der Waals surface area contributed by atoms with Gasteiger partial charge in [0.25, 0.3) is 0 Å². The Kier molecular flexibility index (Phi) is 5.11. The maximum Gasteiger partial charge on any atom is 0.187 e. The summed E-state index contributed by atoms with van der Waals surface area (Å²) in [5.74, 6) is 0.660. The molecule has 0 bridgehead atoms. The summed E-state index contributed by atoms with van der Waals surface area (Å²) in [6.07, 6.45) is 3.61. The van der Waals surface area contributed by atoms with Crippen molar-refractivity contribution in [1.82, 2.24) is 15.3 Å². The molecule has 0 fully saturated rings. The van der Waals surface area contributed by atoms with Crippen LogP contribution in [-0.2, 0) is 5.54 Å². The van der Waals surface area contributed by atoms with E-state index in [0.717, 1.165) is 16.3 Å². The quantitative estimate of drug-likeness (QED) is 0.629. The van der Waals surface area contributed by atoms with Gasteiger partial charge in [0.2, 0.25) is 0 Å². The molecule has 0 aliphatic heterocycles. The van der Waals surface area contributed by atoms with Crippen LogP contribution in [0, 0.1) is 6.92 Å². The van der Waals surface area contributed by atoms with E-state index in [9.17, 15) is 5.11 Å². The van der Waals surface area contributed by atoms with E-state index in [1.54, 1.807) is 12.4 Å². The predicted octanol–water partition coefficient (Wildman–Crippen LogP) is 1.98. The summed E-state index contributed by atoms with van der Waals surface area (Å²) in [4.78, 5) is 8.57. The monoisotopic (exact) mass is 289 g/mol. The van der Waals surface area contributed by atoms with Crippen molar-refractivity contribution in [2.75, 3.05) is 19.4 Å². The summed E-state index contributed by atoms with van der Waals surface area (Å²) in [6, 6.07) is 9.96. The van der Waals surface area contributed by atoms with Crippen LogP contribution in [0.1, 0.15) is 11.1 Å². The number of nitrogens with zero attached hydrogens (tertiary/aromatic N) is 2. The number of aliphatic hydroxyl groups is 1. The largest absolute Gasteiger partial charge is 0.394 e. The number of benzene rings is 1. The van der Waals surface area contributed by atoms with Gasteiger partial charge in [0.05, 0.1) is 12.1 Å². The normalized spacial score (nSPS) is 13.9. The molecule has 1 unspecified atom stereocenters. The molecule has 1 atom stereocenters. The average molecular weight is 289 g/mol. The lowest BCUT2D eigenvalue weighted by Crippen LogP contribution is -2.45. The number of thioether (sulfide) groups is 1. The molecule has 0 aliphatic carbocycles. The number of aryl methyl sites for hydroxylation is 1. The van der Waals surface area contributed by atoms with Crippen molar-refractivity contribution in [1.29, 1.82) is 0 Å². The van der Waals surface area contributed by atoms with Gasteiger partial charge in [-0.15, -0.1) is 0 Å². The lowest BCUT2D eigenvalue weighted by molar-refractivity contribution is 0.187. The molecule has 0 spiro atoms. The minimum absolute atomic E-state index is 0.0202. The number of likely N-dealkylation sites (N-methyl/N-ethyl adjacent to an activating group) is 1. The van der Waals surface area contributed by atoms with E-state index in [2.05, 4.69) is 15.3 Å². The first-order valence-electron chi connectivity index (χ1n) is 6.47. The van der Waals surface area contributed by atoms with Crippen LogP contribution in [0.4, 0.5) is 0 Å². The van der Waals surface area contributed by atoms with Gasteiger partial charge in [-0.1, -0.05) is 42.1 Å². The fraction of sp³-hybridized carbons (Fsp3) is 0.333. The summed E-state index contributed by atoms with van der Waals surface area (Å²) >= 11 is 1.54. The average Bonchev–Trinajstić information content (AvgIpc) is 2.51. The second-order valence-corrected chi connectivity index (χ2v) is 5.63. The smallest absolute Gasteiger partial charge is 0.187 e. The first-order chi connectivity index (χ1) is 9.70. The maximum absolute atomic E-state index is 9.84. The zero-order valence-electron chi connectivity index (χ0n) is 11.7. The van der Waals surface area contributed by atoms with Crippen molar-refractivity contribution in [3.63, 3.8) is 0 Å². The summed E-state index contributed by atoms with van der Waals surface area (Å²) in [6.45, 7) is 1.98. The molecule has 1 aromatic heterocycles. The Bertz CT molecular complexity index is 527. The predicted molar refractivity (Wildman–Crippen MR) is 81.8 cm³/mol. The maximum atomic E-state index is 9.84. The van der Waals surface area contributed by atoms with E-state index in [0.29, 0.717) is 5.75 Å². The third-order valence-electron chi connectivity index (χ3n) is 3.28. The molecular formula is C15H19N3OS. The number of rotatable bonds is 6. The molecule has 2 N–H and O–H groups in total. The highest BCUT2D eigenvalue weighted by atomic mass is 32.2. The summed E-state index contributed by atoms with van der Waals surface area (Å²) in [7, 11) is 1.86. The molecule has 1 heterocycles. The van der Waals surface area contributed by atoms with Gasteiger partial charge in [-0.2, -0.15) is 0 Å². The van der Waals surface area contributed by atoms with E-state index >= 15 is 0 Å². The summed E-state index contributed by atoms with van der Waals surface area (Å²) < 4.78 is 0. The molecule has 2 aromatic rings. The van der Waals surface area contributed by atoms with Gasteiger partial charge in [-0.05, 0) is 25.1 Å². The van der Waals surface area contributed by atoms with Gasteiger partial charge in [-0.3, -0.25) is 0 Å². The Hall–Kier alpha value is -1.43. The van der Waals surface area contributed by atoms with Gasteiger partial charge < -0.3 is 10.4 Å². The minimum atomic E-state index is -0.486. The van der Waals surface area contributed by atoms with Crippen molar-refractivity contribution in [3.8, 4) is 0 Å². The molecule has 106 valence electrons. The van der Waals surface area contributed by atoms with Gasteiger partial charge in [0.15, 0.2) is 5.16 Å². The fourth-order valence-electron chi connectivity index (χ4n) is 1.92. The molecule has 0 radical (unpaired) electrons. The topological polar surface area (TPSA) is 58.0 Å². The number of hydrogen-bond donors (Lipinski definition) is 2. The van der Waals surface area contributed by atoms with Crippen molar-refractivity contribution in [3.05, 3.63) is 53.9 Å². The SMILES string of the molecule is CNC(CO)(CSc1ncc(C)cn1)c1ccccc1. The molecule has 1 aromatic carbocycles. The van der Waals surface area contributed by atoms with Crippen LogP contribution in [0.3, 0.4) is 0 Å². The number of aliphatic hydroxyl groups excluding tert-OH is 1. The molecule has 20 heavy (non-hydrogen) atoms. The highest BCUT2D eigenvalue weighted by molar-refractivity contribution is 7.99. The first-order valence-corrected chi connectivity index (χ1v) is 7.45. The molecule has 4 nitrogen and oxygen atoms in total. The Morgan fingerprint density at radius 2 is 1.85 bits per heavy atom. The second kappa shape index (κ2) is 6.83. The van der Waals surface area contributed by atoms with Crippen molar-refractivity contribution < 1.29 is 5.11 Å². The van der Waals surface area contributed by atoms with Crippen molar-refractivity contribution in [2.45, 2.75) is 17.6 Å². The first kappa shape index (κ1) is 15.0. The van der Waals surface area contributed by atoms with Gasteiger partial charge in [-0.25, -0.2) is 9.97 Å². The molecule has 0 saturated carbocycles. The van der Waals surface area contributed by atoms with Crippen LogP contribution in [0.25, 0.3) is 0 Å². The van der Waals surface area contributed by atoms with Gasteiger partial charge >= 0.3 is 0 Å². The number of hydrogen-bond acceptors (Lipinski definition) is 5. The lowest BCUT2D eigenvalue weighted by Gasteiger charge is -2.31. The van der Waals surface area contributed by atoms with E-state index in [1.165, 1.54) is 11.8 Å². The molecular weight excluding hydrogens is 270 g/mol. The number of nitrogens with one attached hydrogen (secondary N) is 1. The van der Waals surface area contributed by atoms with E-state index in [1.807, 2.05) is 44.3 Å². The zero-order chi connectivity index (χ0) is 14.4. The molecule has 2 rings (SSSR count). The Morgan fingerprint density at radius 3 is 2.40 bits per heavy atom. The van der Waals surface area contributed by atoms with Crippen molar-refractivity contribution >= 4 is 11.8 Å². The highest BCUT2D eigenvalue weighted by Crippen LogP contribution is 2.27. The summed E-state index contributed by atoms with van der Waals surface area (Å²) in [5, 5.41) is 13.8. The second-order valence-electron chi connectivity index (χ2n) is 4.69. The standard InChI is InChI=1S/C15H19N3OS/c1-12-8-17-14(18-9-12)20-11-15(10-19,16-2)13-6-4-3-5-7-13/h3-9,16,19H,10-11H2,1-2H3. The Morgan fingerprint density at radius 1 is 1.20 bits per heavy atom. The van der Waals surface area contributed by atoms with Crippen LogP contribution >= 0.6 is 11.8 Å². The van der Waals surface area contributed by atoms with Crippen LogP contribution in [0.2, 0.25) is 0 Å². The van der Waals surface area contributed by atoms with E-state index in [4.69, 9.17) is 0 Å². The number of aromatic nitrogens is 2. The molecule has 0 saturated heterocycles. The molecule has 0 amide bonds. The Balaban J connectivity index is 2.15. The highest BCUT2D eigenvalue weighted by Gasteiger charge is 2.30. The lowest BCUT2D eigenvalue weighted by atomic mass is 9.93. The zero-order valence-corrected chi connectivity index (χ0v) is 12.5. The van der Waals surface area contributed by atoms with E-state index < -0.39 is 5.54 Å². The van der Waals surface area contributed by atoms with Crippen LogP contribution in [0.15, 0.2) is 47.9 Å². The van der Waals surface area contributed by atoms with Crippen LogP contribution in [-0.4, -0.2) is 34.5 Å². The Labute approximate surface area is 123 Å². The van der Waals surface area contributed by atoms with E-state index in [-0.39, 0.29) is 6.61 Å². The van der Waals surface area contributed by atoms with Crippen molar-refractivity contribution in [2.24, 2.45) is 0 Å². The van der Waals surface area contributed by atoms with Gasteiger partial charge in [0.1, 0.15) is 0 Å². The van der Waals surface area contributed by atoms with Crippen LogP contribution in [0.5, 0.6) is 0 Å². The molecule has 0 aliphatic rings. The van der Waals surface area contributed by atoms with Crippen LogP contribution < -0.4 is 5.32 Å². The summed E-state index contributed by atoms with van der Waals surface area (Å²) in [5.41, 5.74) is 1.62. The third-order valence-corrected chi connectivity index (χ3v) is 4.39. The third kappa shape index (κ3) is 3.36. The van der Waals surface area contributed by atoms with Gasteiger partial charge in [0, 0.05) is 18.1 Å². The fourth-order valence-corrected chi connectivity index (χ4v) is 2.95.